The molecular formula is C20H20N6O. The van der Waals surface area contributed by atoms with E-state index in [1.54, 1.807) is 24.8 Å². The Morgan fingerprint density at radius 1 is 1.22 bits per heavy atom. The summed E-state index contributed by atoms with van der Waals surface area (Å²) in [5.74, 6) is 0.735. The van der Waals surface area contributed by atoms with Crippen LogP contribution in [0.3, 0.4) is 0 Å². The Hall–Kier alpha value is -3.24. The number of benzene rings is 1. The van der Waals surface area contributed by atoms with Gasteiger partial charge in [-0.15, -0.1) is 0 Å². The molecule has 2 aromatic heterocycles. The maximum atomic E-state index is 9.36. The lowest BCUT2D eigenvalue weighted by molar-refractivity contribution is -0.00823. The van der Waals surface area contributed by atoms with Crippen molar-refractivity contribution >= 4 is 22.4 Å². The van der Waals surface area contributed by atoms with Gasteiger partial charge < -0.3 is 15.0 Å². The van der Waals surface area contributed by atoms with E-state index in [1.807, 2.05) is 24.3 Å². The molecule has 1 aliphatic rings. The van der Waals surface area contributed by atoms with Gasteiger partial charge in [0.15, 0.2) is 0 Å². The van der Waals surface area contributed by atoms with Crippen LogP contribution in [0.15, 0.2) is 49.1 Å². The van der Waals surface area contributed by atoms with Crippen molar-refractivity contribution in [3.05, 3.63) is 54.6 Å². The fourth-order valence-electron chi connectivity index (χ4n) is 3.49. The molecule has 0 spiro atoms. The second-order valence-electron chi connectivity index (χ2n) is 6.59. The summed E-state index contributed by atoms with van der Waals surface area (Å²) < 4.78 is 6.10. The number of fused-ring (bicyclic) bond motifs is 1. The van der Waals surface area contributed by atoms with Gasteiger partial charge in [-0.3, -0.25) is 9.97 Å². The molecule has 7 heteroatoms. The predicted molar refractivity (Wildman–Crippen MR) is 104 cm³/mol. The molecule has 3 heterocycles. The highest BCUT2D eigenvalue weighted by Crippen LogP contribution is 2.30. The first kappa shape index (κ1) is 17.2. The summed E-state index contributed by atoms with van der Waals surface area (Å²) in [6.07, 6.45) is 6.84. The van der Waals surface area contributed by atoms with Gasteiger partial charge in [-0.1, -0.05) is 0 Å². The number of nitrogens with zero attached hydrogens (tertiary/aromatic N) is 5. The number of aromatic nitrogens is 3. The summed E-state index contributed by atoms with van der Waals surface area (Å²) >= 11 is 0. The molecule has 4 rings (SSSR count). The van der Waals surface area contributed by atoms with Crippen LogP contribution in [-0.2, 0) is 4.74 Å². The SMILES string of the molecule is C[C@@H]1CN(c2ccc(C#N)c3ncccc23)C[C@H](CNc2cnccn2)O1. The van der Waals surface area contributed by atoms with Gasteiger partial charge in [0, 0.05) is 49.3 Å². The van der Waals surface area contributed by atoms with Crippen molar-refractivity contribution in [1.82, 2.24) is 15.0 Å². The fraction of sp³-hybridized carbons (Fsp3) is 0.300. The van der Waals surface area contributed by atoms with Gasteiger partial charge in [0.1, 0.15) is 11.9 Å². The second-order valence-corrected chi connectivity index (χ2v) is 6.59. The first-order chi connectivity index (χ1) is 13.2. The monoisotopic (exact) mass is 360 g/mol. The molecule has 1 fully saturated rings. The Bertz CT molecular complexity index is 971. The number of hydrogen-bond acceptors (Lipinski definition) is 7. The number of morpholine rings is 1. The standard InChI is InChI=1S/C20H20N6O/c1-14-12-26(13-16(27-14)10-25-19-11-22-7-8-23-19)18-5-4-15(9-21)20-17(18)3-2-6-24-20/h2-8,11,14,16H,10,12-13H2,1H3,(H,23,25)/t14-,16+/m1/s1. The maximum Gasteiger partial charge on any atom is 0.144 e. The summed E-state index contributed by atoms with van der Waals surface area (Å²) in [6.45, 7) is 4.25. The van der Waals surface area contributed by atoms with Gasteiger partial charge in [0.2, 0.25) is 0 Å². The normalized spacial score (nSPS) is 19.6. The van der Waals surface area contributed by atoms with Crippen molar-refractivity contribution in [2.24, 2.45) is 0 Å². The van der Waals surface area contributed by atoms with E-state index in [-0.39, 0.29) is 12.2 Å². The van der Waals surface area contributed by atoms with Crippen LogP contribution in [0.5, 0.6) is 0 Å². The Balaban J connectivity index is 1.57. The summed E-state index contributed by atoms with van der Waals surface area (Å²) in [5.41, 5.74) is 2.42. The quantitative estimate of drug-likeness (QED) is 0.765. The number of ether oxygens (including phenoxy) is 1. The van der Waals surface area contributed by atoms with Crippen molar-refractivity contribution in [1.29, 1.82) is 5.26 Å². The number of nitrogens with one attached hydrogen (secondary N) is 1. The van der Waals surface area contributed by atoms with E-state index in [2.05, 4.69) is 38.2 Å². The van der Waals surface area contributed by atoms with E-state index in [0.29, 0.717) is 12.1 Å². The molecule has 0 saturated carbocycles. The molecular weight excluding hydrogens is 340 g/mol. The van der Waals surface area contributed by atoms with Crippen LogP contribution >= 0.6 is 0 Å². The van der Waals surface area contributed by atoms with Gasteiger partial charge >= 0.3 is 0 Å². The maximum absolute atomic E-state index is 9.36. The third-order valence-corrected chi connectivity index (χ3v) is 4.61. The molecule has 27 heavy (non-hydrogen) atoms. The molecule has 3 aromatic rings. The molecule has 1 aliphatic heterocycles. The van der Waals surface area contributed by atoms with Gasteiger partial charge in [-0.25, -0.2) is 4.98 Å². The third kappa shape index (κ3) is 3.66. The molecule has 7 nitrogen and oxygen atoms in total. The molecule has 0 amide bonds. The molecule has 1 aromatic carbocycles. The summed E-state index contributed by atoms with van der Waals surface area (Å²) in [6, 6.07) is 10.0. The van der Waals surface area contributed by atoms with Crippen LogP contribution in [0.25, 0.3) is 10.9 Å². The number of hydrogen-bond donors (Lipinski definition) is 1. The van der Waals surface area contributed by atoms with Gasteiger partial charge in [-0.2, -0.15) is 5.26 Å². The topological polar surface area (TPSA) is 87.0 Å². The van der Waals surface area contributed by atoms with E-state index in [4.69, 9.17) is 4.74 Å². The summed E-state index contributed by atoms with van der Waals surface area (Å²) in [4.78, 5) is 15.0. The van der Waals surface area contributed by atoms with Crippen LogP contribution in [0.1, 0.15) is 12.5 Å². The predicted octanol–water partition coefficient (Wildman–Crippen LogP) is 2.60. The number of nitriles is 1. The van der Waals surface area contributed by atoms with Crippen molar-refractivity contribution < 1.29 is 4.74 Å². The van der Waals surface area contributed by atoms with E-state index < -0.39 is 0 Å². The Morgan fingerprint density at radius 2 is 2.15 bits per heavy atom. The van der Waals surface area contributed by atoms with Crippen molar-refractivity contribution in [2.45, 2.75) is 19.1 Å². The highest BCUT2D eigenvalue weighted by molar-refractivity contribution is 5.95. The number of anilines is 2. The molecule has 1 saturated heterocycles. The summed E-state index contributed by atoms with van der Waals surface area (Å²) in [7, 11) is 0. The average Bonchev–Trinajstić information content (AvgIpc) is 2.72. The Labute approximate surface area is 157 Å². The molecule has 0 aliphatic carbocycles. The van der Waals surface area contributed by atoms with Gasteiger partial charge in [0.05, 0.1) is 29.5 Å². The van der Waals surface area contributed by atoms with Crippen molar-refractivity contribution in [3.8, 4) is 6.07 Å². The molecule has 2 atom stereocenters. The highest BCUT2D eigenvalue weighted by Gasteiger charge is 2.26. The zero-order chi connectivity index (χ0) is 18.6. The smallest absolute Gasteiger partial charge is 0.144 e. The molecule has 0 radical (unpaired) electrons. The minimum atomic E-state index is 0.0121. The minimum absolute atomic E-state index is 0.0121. The van der Waals surface area contributed by atoms with Crippen LogP contribution in [-0.4, -0.2) is 46.8 Å². The van der Waals surface area contributed by atoms with E-state index in [9.17, 15) is 5.26 Å². The average molecular weight is 360 g/mol. The van der Waals surface area contributed by atoms with Gasteiger partial charge in [-0.05, 0) is 31.2 Å². The van der Waals surface area contributed by atoms with E-state index in [0.717, 1.165) is 35.5 Å². The van der Waals surface area contributed by atoms with Crippen molar-refractivity contribution in [3.63, 3.8) is 0 Å². The van der Waals surface area contributed by atoms with Crippen LogP contribution < -0.4 is 10.2 Å². The number of pyridine rings is 1. The lowest BCUT2D eigenvalue weighted by Gasteiger charge is -2.38. The minimum Gasteiger partial charge on any atom is -0.370 e. The number of rotatable bonds is 4. The molecule has 0 unspecified atom stereocenters. The molecule has 136 valence electrons. The Kier molecular flexibility index (Phi) is 4.81. The second kappa shape index (κ2) is 7.56. The van der Waals surface area contributed by atoms with Crippen molar-refractivity contribution in [2.75, 3.05) is 29.9 Å². The first-order valence-corrected chi connectivity index (χ1v) is 8.92. The lowest BCUT2D eigenvalue weighted by Crippen LogP contribution is -2.49. The summed E-state index contributed by atoms with van der Waals surface area (Å²) in [5, 5.41) is 13.6. The first-order valence-electron chi connectivity index (χ1n) is 8.92. The lowest BCUT2D eigenvalue weighted by atomic mass is 10.1. The highest BCUT2D eigenvalue weighted by atomic mass is 16.5. The zero-order valence-corrected chi connectivity index (χ0v) is 15.0. The van der Waals surface area contributed by atoms with Crippen LogP contribution in [0.2, 0.25) is 0 Å². The molecule has 1 N–H and O–H groups in total. The van der Waals surface area contributed by atoms with Crippen LogP contribution in [0, 0.1) is 11.3 Å². The molecule has 0 bridgehead atoms. The Morgan fingerprint density at radius 3 is 2.96 bits per heavy atom. The van der Waals surface area contributed by atoms with E-state index in [1.165, 1.54) is 0 Å². The van der Waals surface area contributed by atoms with Gasteiger partial charge in [0.25, 0.3) is 0 Å². The van der Waals surface area contributed by atoms with Crippen LogP contribution in [0.4, 0.5) is 11.5 Å². The largest absolute Gasteiger partial charge is 0.370 e. The van der Waals surface area contributed by atoms with E-state index >= 15 is 0 Å². The third-order valence-electron chi connectivity index (χ3n) is 4.61. The fourth-order valence-corrected chi connectivity index (χ4v) is 3.49. The zero-order valence-electron chi connectivity index (χ0n) is 15.0.